The zero-order valence-electron chi connectivity index (χ0n) is 15.9. The summed E-state index contributed by atoms with van der Waals surface area (Å²) in [6.07, 6.45) is 1.98. The molecule has 1 amide bonds. The van der Waals surface area contributed by atoms with Gasteiger partial charge in [-0.2, -0.15) is 0 Å². The van der Waals surface area contributed by atoms with Crippen molar-refractivity contribution in [3.8, 4) is 11.5 Å². The molecule has 1 heterocycles. The van der Waals surface area contributed by atoms with Crippen LogP contribution < -0.4 is 14.4 Å². The predicted molar refractivity (Wildman–Crippen MR) is 110 cm³/mol. The molecule has 28 heavy (non-hydrogen) atoms. The Labute approximate surface area is 165 Å². The third-order valence-electron chi connectivity index (χ3n) is 5.00. The fourth-order valence-corrected chi connectivity index (χ4v) is 3.56. The lowest BCUT2D eigenvalue weighted by Crippen LogP contribution is -2.35. The number of carbonyl (C=O) groups is 1. The van der Waals surface area contributed by atoms with Gasteiger partial charge in [0.2, 0.25) is 0 Å². The van der Waals surface area contributed by atoms with Gasteiger partial charge in [0.25, 0.3) is 5.91 Å². The van der Waals surface area contributed by atoms with Gasteiger partial charge in [0, 0.05) is 17.8 Å². The van der Waals surface area contributed by atoms with Crippen LogP contribution in [0.1, 0.15) is 27.9 Å². The van der Waals surface area contributed by atoms with E-state index in [2.05, 4.69) is 6.07 Å². The maximum Gasteiger partial charge on any atom is 0.258 e. The van der Waals surface area contributed by atoms with E-state index in [0.29, 0.717) is 23.7 Å². The van der Waals surface area contributed by atoms with Crippen LogP contribution in [0.3, 0.4) is 0 Å². The van der Waals surface area contributed by atoms with Crippen LogP contribution in [-0.2, 0) is 13.0 Å². The number of fused-ring (bicyclic) bond motifs is 1. The molecule has 0 atom stereocenters. The van der Waals surface area contributed by atoms with Gasteiger partial charge in [0.05, 0.1) is 7.11 Å². The second kappa shape index (κ2) is 8.17. The molecule has 0 radical (unpaired) electrons. The van der Waals surface area contributed by atoms with Crippen LogP contribution >= 0.6 is 0 Å². The van der Waals surface area contributed by atoms with Gasteiger partial charge in [0.15, 0.2) is 11.5 Å². The number of anilines is 1. The van der Waals surface area contributed by atoms with Crippen molar-refractivity contribution in [3.63, 3.8) is 0 Å². The van der Waals surface area contributed by atoms with Gasteiger partial charge in [-0.25, -0.2) is 0 Å². The maximum atomic E-state index is 13.2. The van der Waals surface area contributed by atoms with Crippen molar-refractivity contribution in [2.75, 3.05) is 18.6 Å². The van der Waals surface area contributed by atoms with Crippen molar-refractivity contribution in [3.05, 3.63) is 89.5 Å². The molecule has 0 fully saturated rings. The average Bonchev–Trinajstić information content (AvgIpc) is 2.77. The highest BCUT2D eigenvalue weighted by molar-refractivity contribution is 6.07. The van der Waals surface area contributed by atoms with Crippen LogP contribution in [0.2, 0.25) is 0 Å². The molecule has 0 saturated carbocycles. The van der Waals surface area contributed by atoms with E-state index in [1.54, 1.807) is 13.2 Å². The van der Waals surface area contributed by atoms with Crippen molar-refractivity contribution in [1.82, 2.24) is 0 Å². The summed E-state index contributed by atoms with van der Waals surface area (Å²) < 4.78 is 11.4. The van der Waals surface area contributed by atoms with Gasteiger partial charge in [-0.05, 0) is 48.2 Å². The first-order chi connectivity index (χ1) is 13.8. The lowest BCUT2D eigenvalue weighted by Gasteiger charge is -2.29. The maximum absolute atomic E-state index is 13.2. The Balaban J connectivity index is 1.55. The third kappa shape index (κ3) is 3.72. The van der Waals surface area contributed by atoms with Gasteiger partial charge in [-0.3, -0.25) is 4.79 Å². The van der Waals surface area contributed by atoms with Crippen molar-refractivity contribution >= 4 is 11.6 Å². The van der Waals surface area contributed by atoms with E-state index in [0.717, 1.165) is 30.6 Å². The number of benzene rings is 3. The summed E-state index contributed by atoms with van der Waals surface area (Å²) in [4.78, 5) is 15.0. The number of carbonyl (C=O) groups excluding carboxylic acids is 1. The second-order valence-electron chi connectivity index (χ2n) is 6.83. The molecule has 0 aliphatic carbocycles. The predicted octanol–water partition coefficient (Wildman–Crippen LogP) is 4.87. The van der Waals surface area contributed by atoms with Crippen LogP contribution in [0.4, 0.5) is 5.69 Å². The summed E-state index contributed by atoms with van der Waals surface area (Å²) in [5.74, 6) is 1.18. The zero-order valence-corrected chi connectivity index (χ0v) is 15.9. The normalized spacial score (nSPS) is 13.0. The SMILES string of the molecule is COc1cc(C(=O)N2CCCc3ccccc32)ccc1OCc1ccccc1. The van der Waals surface area contributed by atoms with E-state index in [1.807, 2.05) is 65.6 Å². The minimum absolute atomic E-state index is 0.0138. The van der Waals surface area contributed by atoms with E-state index in [-0.39, 0.29) is 5.91 Å². The highest BCUT2D eigenvalue weighted by Crippen LogP contribution is 2.32. The first kappa shape index (κ1) is 18.1. The van der Waals surface area contributed by atoms with Crippen molar-refractivity contribution in [2.45, 2.75) is 19.4 Å². The van der Waals surface area contributed by atoms with Crippen molar-refractivity contribution in [1.29, 1.82) is 0 Å². The number of aryl methyl sites for hydroxylation is 1. The molecular formula is C24H23NO3. The third-order valence-corrected chi connectivity index (χ3v) is 5.00. The fourth-order valence-electron chi connectivity index (χ4n) is 3.56. The second-order valence-corrected chi connectivity index (χ2v) is 6.83. The molecule has 0 unspecified atom stereocenters. The van der Waals surface area contributed by atoms with Crippen LogP contribution in [0.5, 0.6) is 11.5 Å². The Hall–Kier alpha value is -3.27. The molecule has 4 rings (SSSR count). The number of hydrogen-bond donors (Lipinski definition) is 0. The standard InChI is InChI=1S/C24H23NO3/c1-27-23-16-20(13-14-22(23)28-17-18-8-3-2-4-9-18)24(26)25-15-7-11-19-10-5-6-12-21(19)25/h2-6,8-10,12-14,16H,7,11,15,17H2,1H3. The number of para-hydroxylation sites is 1. The first-order valence-electron chi connectivity index (χ1n) is 9.51. The van der Waals surface area contributed by atoms with Crippen LogP contribution in [0.15, 0.2) is 72.8 Å². The van der Waals surface area contributed by atoms with E-state index in [4.69, 9.17) is 9.47 Å². The molecule has 0 spiro atoms. The summed E-state index contributed by atoms with van der Waals surface area (Å²) in [5, 5.41) is 0. The molecule has 0 N–H and O–H groups in total. The van der Waals surface area contributed by atoms with E-state index in [9.17, 15) is 4.79 Å². The first-order valence-corrected chi connectivity index (χ1v) is 9.51. The molecule has 1 aliphatic heterocycles. The molecule has 142 valence electrons. The summed E-state index contributed by atoms with van der Waals surface area (Å²) in [5.41, 5.74) is 3.90. The lowest BCUT2D eigenvalue weighted by atomic mass is 10.0. The van der Waals surface area contributed by atoms with Gasteiger partial charge < -0.3 is 14.4 Å². The average molecular weight is 373 g/mol. The number of ether oxygens (including phenoxy) is 2. The number of nitrogens with zero attached hydrogens (tertiary/aromatic N) is 1. The summed E-state index contributed by atoms with van der Waals surface area (Å²) in [6.45, 7) is 1.18. The fraction of sp³-hybridized carbons (Fsp3) is 0.208. The van der Waals surface area contributed by atoms with Crippen molar-refractivity contribution < 1.29 is 14.3 Å². The van der Waals surface area contributed by atoms with E-state index in [1.165, 1.54) is 5.56 Å². The van der Waals surface area contributed by atoms with Gasteiger partial charge in [-0.15, -0.1) is 0 Å². The molecule has 0 saturated heterocycles. The molecule has 0 aromatic heterocycles. The summed E-state index contributed by atoms with van der Waals surface area (Å²) >= 11 is 0. The number of methoxy groups -OCH3 is 1. The summed E-state index contributed by atoms with van der Waals surface area (Å²) in [6, 6.07) is 23.5. The van der Waals surface area contributed by atoms with Crippen LogP contribution in [0, 0.1) is 0 Å². The topological polar surface area (TPSA) is 38.8 Å². The molecule has 4 heteroatoms. The minimum atomic E-state index is -0.0138. The Morgan fingerprint density at radius 3 is 2.57 bits per heavy atom. The lowest BCUT2D eigenvalue weighted by molar-refractivity contribution is 0.0984. The van der Waals surface area contributed by atoms with Crippen molar-refractivity contribution in [2.24, 2.45) is 0 Å². The Kier molecular flexibility index (Phi) is 5.29. The highest BCUT2D eigenvalue weighted by Gasteiger charge is 2.24. The van der Waals surface area contributed by atoms with Gasteiger partial charge in [0.1, 0.15) is 6.61 Å². The van der Waals surface area contributed by atoms with Gasteiger partial charge >= 0.3 is 0 Å². The highest BCUT2D eigenvalue weighted by atomic mass is 16.5. The zero-order chi connectivity index (χ0) is 19.3. The van der Waals surface area contributed by atoms with E-state index < -0.39 is 0 Å². The molecule has 3 aromatic carbocycles. The monoisotopic (exact) mass is 373 g/mol. The number of hydrogen-bond acceptors (Lipinski definition) is 3. The molecule has 1 aliphatic rings. The largest absolute Gasteiger partial charge is 0.493 e. The Morgan fingerprint density at radius 1 is 0.964 bits per heavy atom. The molecule has 4 nitrogen and oxygen atoms in total. The summed E-state index contributed by atoms with van der Waals surface area (Å²) in [7, 11) is 1.59. The molecular weight excluding hydrogens is 350 g/mol. The van der Waals surface area contributed by atoms with Crippen LogP contribution in [-0.4, -0.2) is 19.6 Å². The quantitative estimate of drug-likeness (QED) is 0.641. The minimum Gasteiger partial charge on any atom is -0.493 e. The van der Waals surface area contributed by atoms with E-state index >= 15 is 0 Å². The smallest absolute Gasteiger partial charge is 0.258 e. The Morgan fingerprint density at radius 2 is 1.75 bits per heavy atom. The molecule has 3 aromatic rings. The number of rotatable bonds is 5. The number of amides is 1. The van der Waals surface area contributed by atoms with Gasteiger partial charge in [-0.1, -0.05) is 48.5 Å². The Bertz CT molecular complexity index is 969. The molecule has 0 bridgehead atoms. The van der Waals surface area contributed by atoms with Crippen LogP contribution in [0.25, 0.3) is 0 Å².